The van der Waals surface area contributed by atoms with Gasteiger partial charge in [-0.3, -0.25) is 9.59 Å². The first-order chi connectivity index (χ1) is 16.1. The molecule has 0 rings (SSSR count). The van der Waals surface area contributed by atoms with Crippen LogP contribution in [0.25, 0.3) is 0 Å². The average Bonchev–Trinajstić information content (AvgIpc) is 2.80. The van der Waals surface area contributed by atoms with Gasteiger partial charge in [-0.05, 0) is 32.1 Å². The highest BCUT2D eigenvalue weighted by molar-refractivity contribution is 5.79. The second-order valence-corrected chi connectivity index (χ2v) is 9.60. The Morgan fingerprint density at radius 2 is 1.12 bits per heavy atom. The van der Waals surface area contributed by atoms with Gasteiger partial charge in [0.05, 0.1) is 18.9 Å². The highest BCUT2D eigenvalue weighted by atomic mass is 16.5. The summed E-state index contributed by atoms with van der Waals surface area (Å²) in [6.45, 7) is 4.57. The third-order valence-corrected chi connectivity index (χ3v) is 6.27. The molecule has 0 heterocycles. The molecule has 0 saturated carbocycles. The average molecular weight is 467 g/mol. The van der Waals surface area contributed by atoms with E-state index in [9.17, 15) is 9.59 Å². The lowest BCUT2D eigenvalue weighted by Crippen LogP contribution is -2.21. The number of unbranched alkanes of at least 4 members (excludes halogenated alkanes) is 16. The lowest BCUT2D eigenvalue weighted by Gasteiger charge is -2.13. The van der Waals surface area contributed by atoms with Gasteiger partial charge in [-0.2, -0.15) is 0 Å². The minimum atomic E-state index is -0.918. The molecule has 0 aromatic heterocycles. The normalized spacial score (nSPS) is 12.3. The number of allylic oxidation sites excluding steroid dienone is 2. The van der Waals surface area contributed by atoms with E-state index in [0.29, 0.717) is 13.0 Å². The van der Waals surface area contributed by atoms with Crippen LogP contribution in [0.2, 0.25) is 0 Å². The Hall–Kier alpha value is -1.32. The van der Waals surface area contributed by atoms with Crippen molar-refractivity contribution >= 4 is 11.9 Å². The molecule has 4 nitrogen and oxygen atoms in total. The maximum Gasteiger partial charge on any atom is 0.309 e. The Labute approximate surface area is 204 Å². The molecule has 0 amide bonds. The molecule has 0 aromatic rings. The van der Waals surface area contributed by atoms with Crippen LogP contribution in [0.4, 0.5) is 0 Å². The van der Waals surface area contributed by atoms with Crippen molar-refractivity contribution < 1.29 is 19.4 Å². The largest absolute Gasteiger partial charge is 0.481 e. The minimum Gasteiger partial charge on any atom is -0.481 e. The van der Waals surface area contributed by atoms with Crippen molar-refractivity contribution in [1.82, 2.24) is 0 Å². The van der Waals surface area contributed by atoms with Crippen molar-refractivity contribution in [2.24, 2.45) is 5.92 Å². The molecule has 1 unspecified atom stereocenters. The predicted molar refractivity (Wildman–Crippen MR) is 140 cm³/mol. The molecule has 0 fully saturated rings. The van der Waals surface area contributed by atoms with Crippen LogP contribution >= 0.6 is 0 Å². The van der Waals surface area contributed by atoms with Crippen molar-refractivity contribution in [3.63, 3.8) is 0 Å². The van der Waals surface area contributed by atoms with Gasteiger partial charge in [0.25, 0.3) is 0 Å². The monoisotopic (exact) mass is 466 g/mol. The zero-order valence-electron chi connectivity index (χ0n) is 22.0. The number of ether oxygens (including phenoxy) is 1. The van der Waals surface area contributed by atoms with E-state index in [0.717, 1.165) is 19.3 Å². The van der Waals surface area contributed by atoms with E-state index in [-0.39, 0.29) is 12.4 Å². The van der Waals surface area contributed by atoms with Gasteiger partial charge in [-0.15, -0.1) is 0 Å². The van der Waals surface area contributed by atoms with Crippen LogP contribution in [0.15, 0.2) is 12.2 Å². The second-order valence-electron chi connectivity index (χ2n) is 9.60. The molecular weight excluding hydrogens is 412 g/mol. The van der Waals surface area contributed by atoms with E-state index < -0.39 is 11.9 Å². The van der Waals surface area contributed by atoms with E-state index in [2.05, 4.69) is 19.1 Å². The molecule has 0 aromatic carbocycles. The van der Waals surface area contributed by atoms with Gasteiger partial charge in [-0.25, -0.2) is 0 Å². The number of rotatable bonds is 25. The summed E-state index contributed by atoms with van der Waals surface area (Å²) in [6, 6.07) is 0. The first-order valence-electron chi connectivity index (χ1n) is 14.1. The van der Waals surface area contributed by atoms with Crippen LogP contribution in [0.1, 0.15) is 149 Å². The van der Waals surface area contributed by atoms with E-state index in [4.69, 9.17) is 9.84 Å². The lowest BCUT2D eigenvalue weighted by atomic mass is 9.97. The van der Waals surface area contributed by atoms with Gasteiger partial charge in [0.2, 0.25) is 0 Å². The number of carboxylic acids is 1. The second kappa shape index (κ2) is 25.3. The van der Waals surface area contributed by atoms with Gasteiger partial charge < -0.3 is 9.84 Å². The van der Waals surface area contributed by atoms with Gasteiger partial charge in [0.1, 0.15) is 0 Å². The van der Waals surface area contributed by atoms with Crippen LogP contribution in [0.3, 0.4) is 0 Å². The molecule has 1 atom stereocenters. The molecular formula is C29H54O4. The van der Waals surface area contributed by atoms with E-state index in [1.54, 1.807) is 0 Å². The maximum absolute atomic E-state index is 12.0. The summed E-state index contributed by atoms with van der Waals surface area (Å²) in [7, 11) is 0. The summed E-state index contributed by atoms with van der Waals surface area (Å²) in [5.41, 5.74) is 0. The van der Waals surface area contributed by atoms with Crippen LogP contribution in [-0.4, -0.2) is 23.7 Å². The molecule has 0 saturated heterocycles. The SMILES string of the molecule is CCCC/C=C/CCCCCCCCCCCCCCCCC(CC(=O)O)C(=O)OCCC. The Balaban J connectivity index is 3.42. The van der Waals surface area contributed by atoms with Crippen molar-refractivity contribution in [2.45, 2.75) is 149 Å². The zero-order valence-corrected chi connectivity index (χ0v) is 22.0. The van der Waals surface area contributed by atoms with Crippen LogP contribution in [0.5, 0.6) is 0 Å². The molecule has 0 aliphatic heterocycles. The molecule has 1 N–H and O–H groups in total. The number of esters is 1. The number of carboxylic acid groups (broad SMARTS) is 1. The van der Waals surface area contributed by atoms with Crippen molar-refractivity contribution in [3.8, 4) is 0 Å². The van der Waals surface area contributed by atoms with E-state index in [1.807, 2.05) is 6.92 Å². The van der Waals surface area contributed by atoms with Gasteiger partial charge in [0, 0.05) is 0 Å². The number of carbonyl (C=O) groups excluding carboxylic acids is 1. The lowest BCUT2D eigenvalue weighted by molar-refractivity contribution is -0.153. The summed E-state index contributed by atoms with van der Waals surface area (Å²) in [5.74, 6) is -1.74. The molecule has 0 aliphatic rings. The zero-order chi connectivity index (χ0) is 24.4. The molecule has 0 aliphatic carbocycles. The van der Waals surface area contributed by atoms with Crippen molar-refractivity contribution in [3.05, 3.63) is 12.2 Å². The first-order valence-corrected chi connectivity index (χ1v) is 14.1. The quantitative estimate of drug-likeness (QED) is 0.0828. The predicted octanol–water partition coefficient (Wildman–Crippen LogP) is 9.02. The summed E-state index contributed by atoms with van der Waals surface area (Å²) in [6.07, 6.45) is 29.2. The first kappa shape index (κ1) is 31.7. The summed E-state index contributed by atoms with van der Waals surface area (Å²) in [4.78, 5) is 23.0. The number of hydrogen-bond acceptors (Lipinski definition) is 3. The number of carbonyl (C=O) groups is 2. The van der Waals surface area contributed by atoms with E-state index >= 15 is 0 Å². The van der Waals surface area contributed by atoms with Gasteiger partial charge >= 0.3 is 11.9 Å². The topological polar surface area (TPSA) is 63.6 Å². The summed E-state index contributed by atoms with van der Waals surface area (Å²) < 4.78 is 5.14. The molecule has 194 valence electrons. The fraction of sp³-hybridized carbons (Fsp3) is 0.862. The van der Waals surface area contributed by atoms with Crippen LogP contribution in [0, 0.1) is 5.92 Å². The minimum absolute atomic E-state index is 0.112. The Kier molecular flexibility index (Phi) is 24.3. The van der Waals surface area contributed by atoms with Crippen molar-refractivity contribution in [1.29, 1.82) is 0 Å². The van der Waals surface area contributed by atoms with Crippen molar-refractivity contribution in [2.75, 3.05) is 6.61 Å². The molecule has 33 heavy (non-hydrogen) atoms. The fourth-order valence-electron chi connectivity index (χ4n) is 4.17. The number of aliphatic carboxylic acids is 1. The highest BCUT2D eigenvalue weighted by Gasteiger charge is 2.22. The Morgan fingerprint density at radius 3 is 1.58 bits per heavy atom. The summed E-state index contributed by atoms with van der Waals surface area (Å²) in [5, 5.41) is 9.01. The van der Waals surface area contributed by atoms with Gasteiger partial charge in [-0.1, -0.05) is 122 Å². The van der Waals surface area contributed by atoms with Crippen LogP contribution in [-0.2, 0) is 14.3 Å². The smallest absolute Gasteiger partial charge is 0.309 e. The Morgan fingerprint density at radius 1 is 0.667 bits per heavy atom. The molecule has 0 radical (unpaired) electrons. The highest BCUT2D eigenvalue weighted by Crippen LogP contribution is 2.18. The summed E-state index contributed by atoms with van der Waals surface area (Å²) >= 11 is 0. The third kappa shape index (κ3) is 23.6. The third-order valence-electron chi connectivity index (χ3n) is 6.27. The molecule has 4 heteroatoms. The molecule has 0 bridgehead atoms. The molecule has 0 spiro atoms. The standard InChI is InChI=1S/C29H54O4/c1-3-5-6-7-8-9-10-11-12-13-14-15-16-17-18-19-20-21-22-23-24-27(26-28(30)31)29(32)33-25-4-2/h7-8,27H,3-6,9-26H2,1-2H3,(H,30,31)/b8-7+. The maximum atomic E-state index is 12.0. The number of hydrogen-bond donors (Lipinski definition) is 1. The van der Waals surface area contributed by atoms with E-state index in [1.165, 1.54) is 103 Å². The fourth-order valence-corrected chi connectivity index (χ4v) is 4.17. The van der Waals surface area contributed by atoms with Gasteiger partial charge in [0.15, 0.2) is 0 Å². The Bertz CT molecular complexity index is 472. The van der Waals surface area contributed by atoms with Crippen LogP contribution < -0.4 is 0 Å².